The topological polar surface area (TPSA) is 105 Å². The van der Waals surface area contributed by atoms with E-state index in [1.54, 1.807) is 30.5 Å². The van der Waals surface area contributed by atoms with Gasteiger partial charge < -0.3 is 15.1 Å². The van der Waals surface area contributed by atoms with Gasteiger partial charge in [0.05, 0.1) is 12.8 Å². The highest BCUT2D eigenvalue weighted by Gasteiger charge is 2.34. The number of aromatic nitrogens is 1. The molecule has 2 aromatic heterocycles. The summed E-state index contributed by atoms with van der Waals surface area (Å²) in [6.07, 6.45) is 8.17. The average molecular weight is 464 g/mol. The summed E-state index contributed by atoms with van der Waals surface area (Å²) in [5.41, 5.74) is 0.653. The molecule has 176 valence electrons. The molecule has 1 atom stereocenters. The summed E-state index contributed by atoms with van der Waals surface area (Å²) in [6.45, 7) is -0.427. The summed E-state index contributed by atoms with van der Waals surface area (Å²) >= 11 is 0. The van der Waals surface area contributed by atoms with Gasteiger partial charge in [0.15, 0.2) is 5.76 Å². The molecule has 8 nitrogen and oxygen atoms in total. The lowest BCUT2D eigenvalue weighted by Crippen LogP contribution is -2.49. The SMILES string of the molecule is O=C(NCC(=O)N(c1cccc(F)c1)[C@H](C(=O)NC1CCCC1)c1cccnc1)c1ccco1. The number of benzene rings is 1. The third-order valence-corrected chi connectivity index (χ3v) is 5.71. The molecular weight excluding hydrogens is 439 g/mol. The zero-order valence-corrected chi connectivity index (χ0v) is 18.4. The predicted octanol–water partition coefficient (Wildman–Crippen LogP) is 3.38. The summed E-state index contributed by atoms with van der Waals surface area (Å²) in [6, 6.07) is 10.7. The number of hydrogen-bond donors (Lipinski definition) is 2. The summed E-state index contributed by atoms with van der Waals surface area (Å²) < 4.78 is 19.2. The molecule has 0 unspecified atom stereocenters. The van der Waals surface area contributed by atoms with Gasteiger partial charge in [0.25, 0.3) is 5.91 Å². The van der Waals surface area contributed by atoms with Crippen molar-refractivity contribution < 1.29 is 23.2 Å². The minimum atomic E-state index is -1.11. The Labute approximate surface area is 196 Å². The largest absolute Gasteiger partial charge is 0.459 e. The first kappa shape index (κ1) is 23.2. The molecule has 1 saturated carbocycles. The third-order valence-electron chi connectivity index (χ3n) is 5.71. The van der Waals surface area contributed by atoms with Gasteiger partial charge in [0, 0.05) is 29.7 Å². The Balaban J connectivity index is 1.66. The van der Waals surface area contributed by atoms with Crippen molar-refractivity contribution in [2.75, 3.05) is 11.4 Å². The molecule has 0 radical (unpaired) electrons. The van der Waals surface area contributed by atoms with Crippen LogP contribution in [0.3, 0.4) is 0 Å². The Morgan fingerprint density at radius 3 is 2.62 bits per heavy atom. The maximum atomic E-state index is 14.2. The first-order chi connectivity index (χ1) is 16.5. The third kappa shape index (κ3) is 5.48. The van der Waals surface area contributed by atoms with E-state index in [1.807, 2.05) is 0 Å². The second-order valence-corrected chi connectivity index (χ2v) is 8.08. The highest BCUT2D eigenvalue weighted by atomic mass is 19.1. The van der Waals surface area contributed by atoms with E-state index in [-0.39, 0.29) is 17.5 Å². The van der Waals surface area contributed by atoms with Gasteiger partial charge in [0.1, 0.15) is 11.9 Å². The Morgan fingerprint density at radius 1 is 1.12 bits per heavy atom. The van der Waals surface area contributed by atoms with Crippen LogP contribution in [0.25, 0.3) is 0 Å². The molecule has 1 aliphatic carbocycles. The summed E-state index contributed by atoms with van der Waals surface area (Å²) in [5, 5.41) is 5.53. The van der Waals surface area contributed by atoms with E-state index < -0.39 is 36.1 Å². The van der Waals surface area contributed by atoms with Crippen molar-refractivity contribution in [1.82, 2.24) is 15.6 Å². The van der Waals surface area contributed by atoms with Crippen molar-refractivity contribution in [2.24, 2.45) is 0 Å². The van der Waals surface area contributed by atoms with Crippen LogP contribution in [0.4, 0.5) is 10.1 Å². The summed E-state index contributed by atoms with van der Waals surface area (Å²) in [5.74, 6) is -2.08. The van der Waals surface area contributed by atoms with E-state index in [4.69, 9.17) is 4.42 Å². The van der Waals surface area contributed by atoms with E-state index >= 15 is 0 Å². The first-order valence-electron chi connectivity index (χ1n) is 11.1. The molecule has 34 heavy (non-hydrogen) atoms. The lowest BCUT2D eigenvalue weighted by atomic mass is 10.0. The number of carbonyl (C=O) groups excluding carboxylic acids is 3. The quantitative estimate of drug-likeness (QED) is 0.532. The van der Waals surface area contributed by atoms with Gasteiger partial charge in [0.2, 0.25) is 11.8 Å². The van der Waals surface area contributed by atoms with Crippen LogP contribution >= 0.6 is 0 Å². The van der Waals surface area contributed by atoms with Crippen LogP contribution in [0.2, 0.25) is 0 Å². The molecule has 4 rings (SSSR count). The second kappa shape index (κ2) is 10.7. The normalized spacial score (nSPS) is 14.4. The molecule has 1 fully saturated rings. The van der Waals surface area contributed by atoms with Crippen LogP contribution in [0.5, 0.6) is 0 Å². The van der Waals surface area contributed by atoms with E-state index in [1.165, 1.54) is 41.6 Å². The smallest absolute Gasteiger partial charge is 0.287 e. The molecule has 1 aliphatic rings. The first-order valence-corrected chi connectivity index (χ1v) is 11.1. The zero-order valence-electron chi connectivity index (χ0n) is 18.4. The average Bonchev–Trinajstić information content (AvgIpc) is 3.56. The maximum Gasteiger partial charge on any atom is 0.287 e. The molecule has 0 aliphatic heterocycles. The Kier molecular flexibility index (Phi) is 7.31. The van der Waals surface area contributed by atoms with Crippen LogP contribution in [-0.4, -0.2) is 35.3 Å². The number of rotatable bonds is 8. The number of carbonyl (C=O) groups is 3. The van der Waals surface area contributed by atoms with Crippen molar-refractivity contribution in [1.29, 1.82) is 0 Å². The molecule has 0 spiro atoms. The molecule has 2 heterocycles. The van der Waals surface area contributed by atoms with E-state index in [0.29, 0.717) is 5.56 Å². The lowest BCUT2D eigenvalue weighted by Gasteiger charge is -2.32. The van der Waals surface area contributed by atoms with Crippen LogP contribution < -0.4 is 15.5 Å². The maximum absolute atomic E-state index is 14.2. The molecular formula is C25H25FN4O4. The van der Waals surface area contributed by atoms with Crippen molar-refractivity contribution in [3.8, 4) is 0 Å². The van der Waals surface area contributed by atoms with Crippen molar-refractivity contribution in [3.05, 3.63) is 84.3 Å². The van der Waals surface area contributed by atoms with Gasteiger partial charge in [-0.25, -0.2) is 4.39 Å². The van der Waals surface area contributed by atoms with Crippen LogP contribution in [0.15, 0.2) is 71.6 Å². The number of furan rings is 1. The monoisotopic (exact) mass is 464 g/mol. The van der Waals surface area contributed by atoms with E-state index in [0.717, 1.165) is 25.7 Å². The standard InChI is InChI=1S/C25H25FN4O4/c26-18-7-3-10-20(14-18)30(22(31)16-28-24(32)21-11-5-13-34-21)23(17-6-4-12-27-15-17)25(33)29-19-8-1-2-9-19/h3-7,10-15,19,23H,1-2,8-9,16H2,(H,28,32)(H,29,33)/t23-/m0/s1. The number of pyridine rings is 1. The van der Waals surface area contributed by atoms with Crippen molar-refractivity contribution in [2.45, 2.75) is 37.8 Å². The fourth-order valence-electron chi connectivity index (χ4n) is 4.10. The number of anilines is 1. The zero-order chi connectivity index (χ0) is 23.9. The molecule has 9 heteroatoms. The number of amides is 3. The highest BCUT2D eigenvalue weighted by Crippen LogP contribution is 2.29. The molecule has 3 amide bonds. The van der Waals surface area contributed by atoms with Gasteiger partial charge in [-0.3, -0.25) is 24.3 Å². The fraction of sp³-hybridized carbons (Fsp3) is 0.280. The van der Waals surface area contributed by atoms with Gasteiger partial charge in [-0.1, -0.05) is 25.0 Å². The number of nitrogens with one attached hydrogen (secondary N) is 2. The van der Waals surface area contributed by atoms with E-state index in [2.05, 4.69) is 15.6 Å². The lowest BCUT2D eigenvalue weighted by molar-refractivity contribution is -0.126. The van der Waals surface area contributed by atoms with E-state index in [9.17, 15) is 18.8 Å². The predicted molar refractivity (Wildman–Crippen MR) is 122 cm³/mol. The van der Waals surface area contributed by atoms with Crippen molar-refractivity contribution >= 4 is 23.4 Å². The van der Waals surface area contributed by atoms with Crippen LogP contribution in [0.1, 0.15) is 47.8 Å². The molecule has 0 bridgehead atoms. The Hall–Kier alpha value is -4.01. The fourth-order valence-corrected chi connectivity index (χ4v) is 4.10. The van der Waals surface area contributed by atoms with Gasteiger partial charge in [-0.2, -0.15) is 0 Å². The van der Waals surface area contributed by atoms with Gasteiger partial charge in [-0.15, -0.1) is 0 Å². The highest BCUT2D eigenvalue weighted by molar-refractivity contribution is 6.04. The number of halogens is 1. The minimum absolute atomic E-state index is 0.00906. The van der Waals surface area contributed by atoms with Gasteiger partial charge in [-0.05, 0) is 49.2 Å². The van der Waals surface area contributed by atoms with Crippen LogP contribution in [0, 0.1) is 5.82 Å². The Morgan fingerprint density at radius 2 is 1.94 bits per heavy atom. The second-order valence-electron chi connectivity index (χ2n) is 8.08. The van der Waals surface area contributed by atoms with Gasteiger partial charge >= 0.3 is 0 Å². The number of hydrogen-bond acceptors (Lipinski definition) is 5. The number of nitrogens with zero attached hydrogens (tertiary/aromatic N) is 2. The molecule has 0 saturated heterocycles. The molecule has 3 aromatic rings. The molecule has 2 N–H and O–H groups in total. The van der Waals surface area contributed by atoms with Crippen LogP contribution in [-0.2, 0) is 9.59 Å². The minimum Gasteiger partial charge on any atom is -0.459 e. The summed E-state index contributed by atoms with van der Waals surface area (Å²) in [7, 11) is 0. The Bertz CT molecular complexity index is 1130. The molecule has 1 aromatic carbocycles. The summed E-state index contributed by atoms with van der Waals surface area (Å²) in [4.78, 5) is 44.6. The van der Waals surface area contributed by atoms with Crippen molar-refractivity contribution in [3.63, 3.8) is 0 Å².